The SMILES string of the molecule is NC(=O)c1cnc(N[C@H](C2CC2)C2(N)CC2)nc1Nc1cccc(-n2cncn2)c1. The van der Waals surface area contributed by atoms with Crippen LogP contribution in [0.15, 0.2) is 43.1 Å². The van der Waals surface area contributed by atoms with Crippen LogP contribution in [0.2, 0.25) is 0 Å². The molecule has 154 valence electrons. The van der Waals surface area contributed by atoms with E-state index in [0.29, 0.717) is 17.7 Å². The molecule has 2 aliphatic carbocycles. The van der Waals surface area contributed by atoms with Crippen molar-refractivity contribution in [3.8, 4) is 5.69 Å². The van der Waals surface area contributed by atoms with Crippen LogP contribution in [0, 0.1) is 5.92 Å². The van der Waals surface area contributed by atoms with Gasteiger partial charge >= 0.3 is 0 Å². The summed E-state index contributed by atoms with van der Waals surface area (Å²) in [5, 5.41) is 10.7. The number of benzene rings is 1. The molecule has 6 N–H and O–H groups in total. The summed E-state index contributed by atoms with van der Waals surface area (Å²) in [5.74, 6) is 0.719. The first-order valence-electron chi connectivity index (χ1n) is 9.96. The van der Waals surface area contributed by atoms with Gasteiger partial charge in [0.05, 0.1) is 5.69 Å². The van der Waals surface area contributed by atoms with Gasteiger partial charge in [-0.1, -0.05) is 6.07 Å². The molecule has 2 heterocycles. The lowest BCUT2D eigenvalue weighted by Crippen LogP contribution is -2.44. The van der Waals surface area contributed by atoms with Crippen molar-refractivity contribution in [1.29, 1.82) is 0 Å². The highest BCUT2D eigenvalue weighted by Crippen LogP contribution is 2.47. The number of nitrogens with two attached hydrogens (primary N) is 2. The zero-order valence-corrected chi connectivity index (χ0v) is 16.3. The van der Waals surface area contributed by atoms with Gasteiger partial charge in [-0.15, -0.1) is 0 Å². The molecule has 0 radical (unpaired) electrons. The minimum Gasteiger partial charge on any atom is -0.365 e. The monoisotopic (exact) mass is 405 g/mol. The van der Waals surface area contributed by atoms with Gasteiger partial charge in [0.15, 0.2) is 0 Å². The van der Waals surface area contributed by atoms with E-state index < -0.39 is 5.91 Å². The van der Waals surface area contributed by atoms with Gasteiger partial charge in [-0.3, -0.25) is 4.79 Å². The van der Waals surface area contributed by atoms with Crippen LogP contribution in [0.25, 0.3) is 5.69 Å². The fourth-order valence-corrected chi connectivity index (χ4v) is 3.69. The predicted molar refractivity (Wildman–Crippen MR) is 111 cm³/mol. The van der Waals surface area contributed by atoms with Gasteiger partial charge in [0.1, 0.15) is 24.0 Å². The van der Waals surface area contributed by atoms with Crippen molar-refractivity contribution in [3.05, 3.63) is 48.7 Å². The zero-order valence-electron chi connectivity index (χ0n) is 16.3. The lowest BCUT2D eigenvalue weighted by molar-refractivity contribution is 0.100. The Morgan fingerprint density at radius 2 is 2.13 bits per heavy atom. The molecule has 3 aromatic rings. The molecule has 2 aliphatic rings. The van der Waals surface area contributed by atoms with Crippen LogP contribution in [-0.2, 0) is 0 Å². The fraction of sp³-hybridized carbons (Fsp3) is 0.350. The van der Waals surface area contributed by atoms with Crippen molar-refractivity contribution in [2.45, 2.75) is 37.3 Å². The van der Waals surface area contributed by atoms with Gasteiger partial charge in [0.25, 0.3) is 5.91 Å². The van der Waals surface area contributed by atoms with Gasteiger partial charge in [-0.2, -0.15) is 10.1 Å². The van der Waals surface area contributed by atoms with E-state index in [9.17, 15) is 4.79 Å². The van der Waals surface area contributed by atoms with Crippen LogP contribution in [0.5, 0.6) is 0 Å². The average molecular weight is 405 g/mol. The molecule has 0 saturated heterocycles. The number of anilines is 3. The van der Waals surface area contributed by atoms with Crippen molar-refractivity contribution < 1.29 is 4.79 Å². The standard InChI is InChI=1S/C20H23N9O/c21-17(30)15-9-24-19(27-16(12-4-5-12)20(22)6-7-20)28-18(15)26-13-2-1-3-14(8-13)29-11-23-10-25-29/h1-3,8-12,16H,4-7,22H2,(H2,21,30)(H2,24,26,27,28)/t16-/m1/s1. The van der Waals surface area contributed by atoms with E-state index in [4.69, 9.17) is 11.5 Å². The summed E-state index contributed by atoms with van der Waals surface area (Å²) >= 11 is 0. The second kappa shape index (κ2) is 7.06. The van der Waals surface area contributed by atoms with Crippen molar-refractivity contribution in [2.24, 2.45) is 17.4 Å². The van der Waals surface area contributed by atoms with Crippen LogP contribution in [0.3, 0.4) is 0 Å². The molecule has 10 nitrogen and oxygen atoms in total. The third-order valence-corrected chi connectivity index (χ3v) is 5.67. The quantitative estimate of drug-likeness (QED) is 0.441. The Balaban J connectivity index is 1.43. The molecule has 1 atom stereocenters. The first-order valence-corrected chi connectivity index (χ1v) is 9.96. The summed E-state index contributed by atoms with van der Waals surface area (Å²) < 4.78 is 1.64. The summed E-state index contributed by atoms with van der Waals surface area (Å²) in [6.45, 7) is 0. The summed E-state index contributed by atoms with van der Waals surface area (Å²) in [5.41, 5.74) is 13.6. The minimum absolute atomic E-state index is 0.139. The molecule has 10 heteroatoms. The summed E-state index contributed by atoms with van der Waals surface area (Å²) in [6, 6.07) is 7.66. The number of amides is 1. The minimum atomic E-state index is -0.604. The van der Waals surface area contributed by atoms with Gasteiger partial charge in [-0.05, 0) is 49.8 Å². The topological polar surface area (TPSA) is 150 Å². The maximum absolute atomic E-state index is 11.9. The van der Waals surface area contributed by atoms with E-state index in [2.05, 4.69) is 30.7 Å². The van der Waals surface area contributed by atoms with Crippen LogP contribution < -0.4 is 22.1 Å². The summed E-state index contributed by atoms with van der Waals surface area (Å²) in [4.78, 5) is 24.7. The molecular formula is C20H23N9O. The molecular weight excluding hydrogens is 382 g/mol. The summed E-state index contributed by atoms with van der Waals surface area (Å²) in [6.07, 6.45) is 8.85. The molecule has 1 amide bonds. The lowest BCUT2D eigenvalue weighted by atomic mass is 10.0. The second-order valence-corrected chi connectivity index (χ2v) is 8.03. The Kier molecular flexibility index (Phi) is 4.35. The van der Waals surface area contributed by atoms with Crippen molar-refractivity contribution >= 4 is 23.4 Å². The fourth-order valence-electron chi connectivity index (χ4n) is 3.69. The number of nitrogens with zero attached hydrogens (tertiary/aromatic N) is 5. The lowest BCUT2D eigenvalue weighted by Gasteiger charge is -2.25. The van der Waals surface area contributed by atoms with Crippen LogP contribution in [0.4, 0.5) is 17.5 Å². The van der Waals surface area contributed by atoms with Crippen LogP contribution in [0.1, 0.15) is 36.0 Å². The molecule has 0 spiro atoms. The Morgan fingerprint density at radius 3 is 2.80 bits per heavy atom. The normalized spacial score (nSPS) is 17.9. The van der Waals surface area contributed by atoms with E-state index >= 15 is 0 Å². The Hall–Kier alpha value is -3.53. The first-order chi connectivity index (χ1) is 14.5. The van der Waals surface area contributed by atoms with Gasteiger partial charge in [-0.25, -0.2) is 14.6 Å². The third-order valence-electron chi connectivity index (χ3n) is 5.67. The van der Waals surface area contributed by atoms with E-state index in [1.165, 1.54) is 12.5 Å². The molecule has 0 unspecified atom stereocenters. The summed E-state index contributed by atoms with van der Waals surface area (Å²) in [7, 11) is 0. The molecule has 2 aromatic heterocycles. The van der Waals surface area contributed by atoms with Crippen molar-refractivity contribution in [3.63, 3.8) is 0 Å². The number of nitrogens with one attached hydrogen (secondary N) is 2. The highest BCUT2D eigenvalue weighted by Gasteiger charge is 2.52. The molecule has 2 saturated carbocycles. The predicted octanol–water partition coefficient (Wildman–Crippen LogP) is 1.58. The highest BCUT2D eigenvalue weighted by atomic mass is 16.1. The Bertz CT molecular complexity index is 1070. The number of carbonyl (C=O) groups is 1. The largest absolute Gasteiger partial charge is 0.365 e. The highest BCUT2D eigenvalue weighted by molar-refractivity contribution is 5.98. The molecule has 30 heavy (non-hydrogen) atoms. The van der Waals surface area contributed by atoms with Crippen LogP contribution in [-0.4, -0.2) is 42.2 Å². The maximum Gasteiger partial charge on any atom is 0.254 e. The van der Waals surface area contributed by atoms with Crippen LogP contribution >= 0.6 is 0 Å². The van der Waals surface area contributed by atoms with Gasteiger partial charge in [0, 0.05) is 23.5 Å². The number of carbonyl (C=O) groups excluding carboxylic acids is 1. The Morgan fingerprint density at radius 1 is 1.30 bits per heavy atom. The van der Waals surface area contributed by atoms with E-state index in [1.54, 1.807) is 11.0 Å². The number of hydrogen-bond acceptors (Lipinski definition) is 8. The molecule has 5 rings (SSSR count). The molecule has 1 aromatic carbocycles. The number of aromatic nitrogens is 5. The number of rotatable bonds is 8. The van der Waals surface area contributed by atoms with Gasteiger partial charge in [0.2, 0.25) is 5.95 Å². The molecule has 2 fully saturated rings. The first kappa shape index (κ1) is 18.5. The number of hydrogen-bond donors (Lipinski definition) is 4. The van der Waals surface area contributed by atoms with Crippen molar-refractivity contribution in [1.82, 2.24) is 24.7 Å². The number of primary amides is 1. The van der Waals surface area contributed by atoms with Gasteiger partial charge < -0.3 is 22.1 Å². The molecule has 0 aliphatic heterocycles. The average Bonchev–Trinajstić information content (AvgIpc) is 3.65. The second-order valence-electron chi connectivity index (χ2n) is 8.03. The zero-order chi connectivity index (χ0) is 20.7. The van der Waals surface area contributed by atoms with Crippen molar-refractivity contribution in [2.75, 3.05) is 10.6 Å². The Labute approximate surface area is 173 Å². The van der Waals surface area contributed by atoms with E-state index in [1.807, 2.05) is 24.3 Å². The van der Waals surface area contributed by atoms with E-state index in [-0.39, 0.29) is 17.1 Å². The smallest absolute Gasteiger partial charge is 0.254 e. The third kappa shape index (κ3) is 3.69. The maximum atomic E-state index is 11.9. The van der Waals surface area contributed by atoms with E-state index in [0.717, 1.165) is 37.1 Å². The molecule has 0 bridgehead atoms.